The predicted molar refractivity (Wildman–Crippen MR) is 91.5 cm³/mol. The maximum atomic E-state index is 12.6. The van der Waals surface area contributed by atoms with E-state index in [1.165, 1.54) is 0 Å². The minimum Gasteiger partial charge on any atom is -0.460 e. The van der Waals surface area contributed by atoms with Crippen molar-refractivity contribution >= 4 is 17.5 Å². The summed E-state index contributed by atoms with van der Waals surface area (Å²) in [5.74, 6) is 1.29. The number of hydrogen-bond donors (Lipinski definition) is 1. The van der Waals surface area contributed by atoms with Gasteiger partial charge >= 0.3 is 0 Å². The van der Waals surface area contributed by atoms with E-state index in [-0.39, 0.29) is 11.9 Å². The second-order valence-corrected chi connectivity index (χ2v) is 6.40. The number of hydrogen-bond acceptors (Lipinski definition) is 3. The first kappa shape index (κ1) is 15.0. The minimum absolute atomic E-state index is 0.139. The Morgan fingerprint density at radius 1 is 1.29 bits per heavy atom. The first-order valence-electron chi connectivity index (χ1n) is 7.84. The summed E-state index contributed by atoms with van der Waals surface area (Å²) in [5.41, 5.74) is 1.82. The van der Waals surface area contributed by atoms with Gasteiger partial charge in [0.2, 0.25) is 0 Å². The van der Waals surface area contributed by atoms with Gasteiger partial charge in [0.05, 0.1) is 5.69 Å². The Morgan fingerprint density at radius 2 is 2.12 bits per heavy atom. The smallest absolute Gasteiger partial charge is 0.270 e. The summed E-state index contributed by atoms with van der Waals surface area (Å²) >= 11 is 6.09. The first-order valence-corrected chi connectivity index (χ1v) is 8.21. The lowest BCUT2D eigenvalue weighted by atomic mass is 10.2. The summed E-state index contributed by atoms with van der Waals surface area (Å²) in [6.45, 7) is 1.87. The average Bonchev–Trinajstić information content (AvgIpc) is 3.09. The number of halogens is 1. The summed E-state index contributed by atoms with van der Waals surface area (Å²) in [6, 6.07) is 13.0. The number of nitrogens with zero attached hydrogens (tertiary/aromatic N) is 2. The Balaban J connectivity index is 1.79. The highest BCUT2D eigenvalue weighted by molar-refractivity contribution is 6.30. The molecule has 0 saturated heterocycles. The van der Waals surface area contributed by atoms with Crippen molar-refractivity contribution in [2.75, 3.05) is 0 Å². The fraction of sp³-hybridized carbons (Fsp3) is 0.222. The molecular formula is C18H16ClN3O2. The molecule has 24 heavy (non-hydrogen) atoms. The normalized spacial score (nSPS) is 13.9. The molecule has 122 valence electrons. The van der Waals surface area contributed by atoms with Crippen LogP contribution in [0.1, 0.15) is 29.1 Å². The van der Waals surface area contributed by atoms with Gasteiger partial charge < -0.3 is 9.73 Å². The van der Waals surface area contributed by atoms with E-state index in [1.54, 1.807) is 22.9 Å². The van der Waals surface area contributed by atoms with Gasteiger partial charge in [0.15, 0.2) is 5.76 Å². The molecule has 1 aromatic carbocycles. The number of amides is 1. The highest BCUT2D eigenvalue weighted by atomic mass is 35.5. The Kier molecular flexibility index (Phi) is 3.65. The molecule has 6 heteroatoms. The van der Waals surface area contributed by atoms with Gasteiger partial charge in [-0.05, 0) is 50.1 Å². The number of carbonyl (C=O) groups excluding carboxylic acids is 1. The van der Waals surface area contributed by atoms with E-state index in [4.69, 9.17) is 16.0 Å². The van der Waals surface area contributed by atoms with Crippen LogP contribution in [0.2, 0.25) is 5.02 Å². The number of furan rings is 1. The van der Waals surface area contributed by atoms with Crippen LogP contribution in [0.3, 0.4) is 0 Å². The van der Waals surface area contributed by atoms with Crippen molar-refractivity contribution < 1.29 is 9.21 Å². The van der Waals surface area contributed by atoms with Crippen LogP contribution in [0.25, 0.3) is 17.1 Å². The number of aryl methyl sites for hydroxylation is 1. The maximum Gasteiger partial charge on any atom is 0.270 e. The molecule has 5 nitrogen and oxygen atoms in total. The molecule has 0 unspecified atom stereocenters. The molecule has 0 aliphatic heterocycles. The Labute approximate surface area is 144 Å². The number of aromatic nitrogens is 2. The SMILES string of the molecule is Cc1ccc(-c2cc(C(=O)NC3CC3)n(-c3cccc(Cl)c3)n2)o1. The summed E-state index contributed by atoms with van der Waals surface area (Å²) in [5, 5.41) is 8.15. The van der Waals surface area contributed by atoms with Gasteiger partial charge in [-0.2, -0.15) is 5.10 Å². The van der Waals surface area contributed by atoms with E-state index in [0.29, 0.717) is 22.2 Å². The summed E-state index contributed by atoms with van der Waals surface area (Å²) in [4.78, 5) is 12.6. The van der Waals surface area contributed by atoms with E-state index in [0.717, 1.165) is 24.3 Å². The largest absolute Gasteiger partial charge is 0.460 e. The van der Waals surface area contributed by atoms with E-state index in [9.17, 15) is 4.79 Å². The fourth-order valence-electron chi connectivity index (χ4n) is 2.53. The Morgan fingerprint density at radius 3 is 2.79 bits per heavy atom. The monoisotopic (exact) mass is 341 g/mol. The van der Waals surface area contributed by atoms with Crippen molar-refractivity contribution in [2.45, 2.75) is 25.8 Å². The van der Waals surface area contributed by atoms with Crippen molar-refractivity contribution in [3.63, 3.8) is 0 Å². The van der Waals surface area contributed by atoms with Gasteiger partial charge in [-0.3, -0.25) is 4.79 Å². The minimum atomic E-state index is -0.139. The van der Waals surface area contributed by atoms with Gasteiger partial charge in [0.25, 0.3) is 5.91 Å². The van der Waals surface area contributed by atoms with Crippen molar-refractivity contribution in [3.8, 4) is 17.1 Å². The number of rotatable bonds is 4. The topological polar surface area (TPSA) is 60.1 Å². The molecule has 2 aromatic heterocycles. The summed E-state index contributed by atoms with van der Waals surface area (Å²) in [6.07, 6.45) is 2.06. The molecule has 0 spiro atoms. The lowest BCUT2D eigenvalue weighted by Gasteiger charge is -2.07. The maximum absolute atomic E-state index is 12.6. The third kappa shape index (κ3) is 2.95. The van der Waals surface area contributed by atoms with Gasteiger partial charge in [0.1, 0.15) is 17.1 Å². The van der Waals surface area contributed by atoms with Gasteiger partial charge in [-0.25, -0.2) is 4.68 Å². The average molecular weight is 342 g/mol. The molecule has 1 fully saturated rings. The molecule has 1 aliphatic carbocycles. The van der Waals surface area contributed by atoms with Crippen LogP contribution in [0, 0.1) is 6.92 Å². The molecule has 1 aliphatic rings. The molecule has 1 N–H and O–H groups in total. The molecule has 1 amide bonds. The quantitative estimate of drug-likeness (QED) is 0.780. The summed E-state index contributed by atoms with van der Waals surface area (Å²) in [7, 11) is 0. The molecule has 4 rings (SSSR count). The molecule has 0 atom stereocenters. The van der Waals surface area contributed by atoms with Crippen molar-refractivity contribution in [1.29, 1.82) is 0 Å². The van der Waals surface area contributed by atoms with Crippen LogP contribution >= 0.6 is 11.6 Å². The van der Waals surface area contributed by atoms with Gasteiger partial charge in [0, 0.05) is 17.1 Å². The zero-order valence-electron chi connectivity index (χ0n) is 13.1. The molecule has 0 bridgehead atoms. The number of benzene rings is 1. The second-order valence-electron chi connectivity index (χ2n) is 5.96. The standard InChI is InChI=1S/C18H16ClN3O2/c1-11-5-8-17(24-11)15-10-16(18(23)20-13-6-7-13)22(21-15)14-4-2-3-12(19)9-14/h2-5,8-10,13H,6-7H2,1H3,(H,20,23). The second kappa shape index (κ2) is 5.83. The zero-order chi connectivity index (χ0) is 16.7. The van der Waals surface area contributed by atoms with E-state index >= 15 is 0 Å². The van der Waals surface area contributed by atoms with Crippen LogP contribution in [0.4, 0.5) is 0 Å². The van der Waals surface area contributed by atoms with Crippen molar-refractivity contribution in [3.05, 3.63) is 58.9 Å². The lowest BCUT2D eigenvalue weighted by Crippen LogP contribution is -2.27. The number of nitrogens with one attached hydrogen (secondary N) is 1. The summed E-state index contributed by atoms with van der Waals surface area (Å²) < 4.78 is 7.24. The van der Waals surface area contributed by atoms with Crippen LogP contribution < -0.4 is 5.32 Å². The van der Waals surface area contributed by atoms with E-state index in [2.05, 4.69) is 10.4 Å². The Bertz CT molecular complexity index is 909. The van der Waals surface area contributed by atoms with Crippen LogP contribution in [-0.2, 0) is 0 Å². The predicted octanol–water partition coefficient (Wildman–Crippen LogP) is 3.99. The zero-order valence-corrected chi connectivity index (χ0v) is 13.9. The van der Waals surface area contributed by atoms with Crippen LogP contribution in [-0.4, -0.2) is 21.7 Å². The van der Waals surface area contributed by atoms with E-state index in [1.807, 2.05) is 31.2 Å². The third-order valence-electron chi connectivity index (χ3n) is 3.90. The molecule has 3 aromatic rings. The molecule has 0 radical (unpaired) electrons. The number of carbonyl (C=O) groups is 1. The lowest BCUT2D eigenvalue weighted by molar-refractivity contribution is 0.0943. The van der Waals surface area contributed by atoms with Crippen LogP contribution in [0.15, 0.2) is 46.9 Å². The van der Waals surface area contributed by atoms with Gasteiger partial charge in [-0.15, -0.1) is 0 Å². The van der Waals surface area contributed by atoms with Crippen molar-refractivity contribution in [1.82, 2.24) is 15.1 Å². The molecule has 2 heterocycles. The van der Waals surface area contributed by atoms with Crippen LogP contribution in [0.5, 0.6) is 0 Å². The third-order valence-corrected chi connectivity index (χ3v) is 4.14. The first-order chi connectivity index (χ1) is 11.6. The Hall–Kier alpha value is -2.53. The molecular weight excluding hydrogens is 326 g/mol. The van der Waals surface area contributed by atoms with Crippen molar-refractivity contribution in [2.24, 2.45) is 0 Å². The van der Waals surface area contributed by atoms with E-state index < -0.39 is 0 Å². The highest BCUT2D eigenvalue weighted by Crippen LogP contribution is 2.26. The fourth-order valence-corrected chi connectivity index (χ4v) is 2.71. The highest BCUT2D eigenvalue weighted by Gasteiger charge is 2.26. The molecule has 1 saturated carbocycles. The van der Waals surface area contributed by atoms with Gasteiger partial charge in [-0.1, -0.05) is 17.7 Å².